The lowest BCUT2D eigenvalue weighted by Crippen LogP contribution is -2.33. The van der Waals surface area contributed by atoms with Crippen molar-refractivity contribution in [3.05, 3.63) is 48.3 Å². The van der Waals surface area contributed by atoms with E-state index >= 15 is 0 Å². The van der Waals surface area contributed by atoms with E-state index in [2.05, 4.69) is 4.98 Å². The molecule has 0 aliphatic carbocycles. The first-order valence-corrected chi connectivity index (χ1v) is 7.69. The van der Waals surface area contributed by atoms with Crippen molar-refractivity contribution >= 4 is 11.6 Å². The molecule has 0 saturated heterocycles. The van der Waals surface area contributed by atoms with Gasteiger partial charge in [0.1, 0.15) is 0 Å². The van der Waals surface area contributed by atoms with Crippen molar-refractivity contribution in [2.75, 3.05) is 38.7 Å². The topological polar surface area (TPSA) is 56.7 Å². The molecule has 0 fully saturated rings. The third-order valence-electron chi connectivity index (χ3n) is 3.74. The molecule has 0 aliphatic rings. The molecule has 0 radical (unpaired) electrons. The fraction of sp³-hybridized carbons (Fsp3) is 0.333. The number of carbonyl (C=O) groups excluding carboxylic acids is 1. The predicted molar refractivity (Wildman–Crippen MR) is 92.7 cm³/mol. The lowest BCUT2D eigenvalue weighted by atomic mass is 10.0. The summed E-state index contributed by atoms with van der Waals surface area (Å²) in [5.41, 5.74) is 3.58. The van der Waals surface area contributed by atoms with Crippen molar-refractivity contribution in [2.24, 2.45) is 0 Å². The highest BCUT2D eigenvalue weighted by atomic mass is 16.3. The van der Waals surface area contributed by atoms with E-state index in [1.54, 1.807) is 17.3 Å². The van der Waals surface area contributed by atoms with Crippen molar-refractivity contribution < 1.29 is 9.90 Å². The van der Waals surface area contributed by atoms with Crippen LogP contribution in [0.4, 0.5) is 5.69 Å². The van der Waals surface area contributed by atoms with Crippen molar-refractivity contribution in [3.63, 3.8) is 0 Å². The van der Waals surface area contributed by atoms with Crippen LogP contribution in [0.5, 0.6) is 0 Å². The SMILES string of the molecule is CCN(CCO)C(=O)c1cncc(-c2ccc(N(C)C)cc2)c1. The summed E-state index contributed by atoms with van der Waals surface area (Å²) in [6.45, 7) is 2.74. The Bertz CT molecular complexity index is 654. The van der Waals surface area contributed by atoms with E-state index in [0.717, 1.165) is 16.8 Å². The first-order valence-electron chi connectivity index (χ1n) is 7.69. The fourth-order valence-electron chi connectivity index (χ4n) is 2.37. The molecule has 0 atom stereocenters. The number of hydrogen-bond acceptors (Lipinski definition) is 4. The smallest absolute Gasteiger partial charge is 0.255 e. The lowest BCUT2D eigenvalue weighted by Gasteiger charge is -2.19. The maximum Gasteiger partial charge on any atom is 0.255 e. The molecular weight excluding hydrogens is 290 g/mol. The maximum absolute atomic E-state index is 12.5. The monoisotopic (exact) mass is 313 g/mol. The largest absolute Gasteiger partial charge is 0.395 e. The Morgan fingerprint density at radius 3 is 2.39 bits per heavy atom. The molecule has 5 nitrogen and oxygen atoms in total. The van der Waals surface area contributed by atoms with Crippen LogP contribution in [0.1, 0.15) is 17.3 Å². The molecule has 0 unspecified atom stereocenters. The van der Waals surface area contributed by atoms with E-state index in [1.807, 2.05) is 56.3 Å². The zero-order valence-electron chi connectivity index (χ0n) is 13.9. The van der Waals surface area contributed by atoms with Crippen LogP contribution in [0.15, 0.2) is 42.7 Å². The molecule has 1 N–H and O–H groups in total. The Hall–Kier alpha value is -2.40. The quantitative estimate of drug-likeness (QED) is 0.889. The Balaban J connectivity index is 2.27. The molecule has 122 valence electrons. The summed E-state index contributed by atoms with van der Waals surface area (Å²) in [5, 5.41) is 9.05. The van der Waals surface area contributed by atoms with Crippen LogP contribution in [0.2, 0.25) is 0 Å². The van der Waals surface area contributed by atoms with E-state index in [4.69, 9.17) is 5.11 Å². The number of hydrogen-bond donors (Lipinski definition) is 1. The summed E-state index contributed by atoms with van der Waals surface area (Å²) in [7, 11) is 3.99. The molecule has 0 saturated carbocycles. The second-order valence-electron chi connectivity index (χ2n) is 5.51. The number of pyridine rings is 1. The van der Waals surface area contributed by atoms with E-state index < -0.39 is 0 Å². The Kier molecular flexibility index (Phi) is 5.71. The number of anilines is 1. The minimum absolute atomic E-state index is 0.0430. The number of nitrogens with zero attached hydrogens (tertiary/aromatic N) is 3. The highest BCUT2D eigenvalue weighted by molar-refractivity contribution is 5.95. The third kappa shape index (κ3) is 4.07. The van der Waals surface area contributed by atoms with Crippen molar-refractivity contribution in [3.8, 4) is 11.1 Å². The first kappa shape index (κ1) is 17.0. The molecule has 2 aromatic rings. The maximum atomic E-state index is 12.5. The second-order valence-corrected chi connectivity index (χ2v) is 5.51. The van der Waals surface area contributed by atoms with Gasteiger partial charge in [-0.05, 0) is 30.7 Å². The average Bonchev–Trinajstić information content (AvgIpc) is 2.59. The fourth-order valence-corrected chi connectivity index (χ4v) is 2.37. The zero-order chi connectivity index (χ0) is 16.8. The number of aliphatic hydroxyl groups is 1. The minimum Gasteiger partial charge on any atom is -0.395 e. The van der Waals surface area contributed by atoms with Gasteiger partial charge in [0, 0.05) is 50.8 Å². The van der Waals surface area contributed by atoms with Crippen LogP contribution < -0.4 is 4.90 Å². The van der Waals surface area contributed by atoms with Crippen LogP contribution in [-0.4, -0.2) is 54.7 Å². The number of likely N-dealkylation sites (N-methyl/N-ethyl adjacent to an activating group) is 1. The van der Waals surface area contributed by atoms with Crippen molar-refractivity contribution in [1.82, 2.24) is 9.88 Å². The van der Waals surface area contributed by atoms with Gasteiger partial charge in [0.05, 0.1) is 12.2 Å². The lowest BCUT2D eigenvalue weighted by molar-refractivity contribution is 0.0731. The molecular formula is C18H23N3O2. The van der Waals surface area contributed by atoms with Gasteiger partial charge in [-0.2, -0.15) is 0 Å². The molecule has 0 bridgehead atoms. The average molecular weight is 313 g/mol. The molecule has 5 heteroatoms. The van der Waals surface area contributed by atoms with Gasteiger partial charge in [-0.3, -0.25) is 9.78 Å². The molecule has 2 rings (SSSR count). The minimum atomic E-state index is -0.110. The van der Waals surface area contributed by atoms with Crippen LogP contribution >= 0.6 is 0 Å². The summed E-state index contributed by atoms with van der Waals surface area (Å²) in [5.74, 6) is -0.110. The van der Waals surface area contributed by atoms with E-state index in [9.17, 15) is 4.79 Å². The number of aromatic nitrogens is 1. The van der Waals surface area contributed by atoms with Gasteiger partial charge in [0.15, 0.2) is 0 Å². The number of rotatable bonds is 6. The predicted octanol–water partition coefficient (Wildman–Crippen LogP) is 2.27. The molecule has 23 heavy (non-hydrogen) atoms. The van der Waals surface area contributed by atoms with E-state index in [-0.39, 0.29) is 12.5 Å². The zero-order valence-corrected chi connectivity index (χ0v) is 13.9. The van der Waals surface area contributed by atoms with Gasteiger partial charge < -0.3 is 14.9 Å². The molecule has 1 aromatic carbocycles. The van der Waals surface area contributed by atoms with Crippen LogP contribution in [0, 0.1) is 0 Å². The van der Waals surface area contributed by atoms with Gasteiger partial charge in [-0.15, -0.1) is 0 Å². The van der Waals surface area contributed by atoms with Gasteiger partial charge >= 0.3 is 0 Å². The van der Waals surface area contributed by atoms with E-state index in [0.29, 0.717) is 18.7 Å². The normalized spacial score (nSPS) is 10.4. The summed E-state index contributed by atoms with van der Waals surface area (Å²) in [4.78, 5) is 20.3. The Morgan fingerprint density at radius 1 is 1.13 bits per heavy atom. The molecule has 1 aromatic heterocycles. The number of benzene rings is 1. The summed E-state index contributed by atoms with van der Waals surface area (Å²) >= 11 is 0. The van der Waals surface area contributed by atoms with Gasteiger partial charge in [-0.25, -0.2) is 0 Å². The van der Waals surface area contributed by atoms with Gasteiger partial charge in [0.2, 0.25) is 0 Å². The summed E-state index contributed by atoms with van der Waals surface area (Å²) in [6, 6.07) is 9.96. The molecule has 1 heterocycles. The van der Waals surface area contributed by atoms with Crippen LogP contribution in [-0.2, 0) is 0 Å². The third-order valence-corrected chi connectivity index (χ3v) is 3.74. The van der Waals surface area contributed by atoms with Crippen molar-refractivity contribution in [2.45, 2.75) is 6.92 Å². The van der Waals surface area contributed by atoms with Crippen molar-refractivity contribution in [1.29, 1.82) is 0 Å². The Labute approximate surface area is 137 Å². The summed E-state index contributed by atoms with van der Waals surface area (Å²) in [6.07, 6.45) is 3.32. The number of aliphatic hydroxyl groups excluding tert-OH is 1. The molecule has 0 spiro atoms. The summed E-state index contributed by atoms with van der Waals surface area (Å²) < 4.78 is 0. The van der Waals surface area contributed by atoms with Crippen LogP contribution in [0.3, 0.4) is 0 Å². The number of amides is 1. The second kappa shape index (κ2) is 7.74. The molecule has 0 aliphatic heterocycles. The highest BCUT2D eigenvalue weighted by Gasteiger charge is 2.14. The number of carbonyl (C=O) groups is 1. The Morgan fingerprint density at radius 2 is 1.83 bits per heavy atom. The van der Waals surface area contributed by atoms with E-state index in [1.165, 1.54) is 0 Å². The first-order chi connectivity index (χ1) is 11.1. The standard InChI is InChI=1S/C18H23N3O2/c1-4-21(9-10-22)18(23)16-11-15(12-19-13-16)14-5-7-17(8-6-14)20(2)3/h5-8,11-13,22H,4,9-10H2,1-3H3. The van der Waals surface area contributed by atoms with Gasteiger partial charge in [-0.1, -0.05) is 12.1 Å². The highest BCUT2D eigenvalue weighted by Crippen LogP contribution is 2.23. The van der Waals surface area contributed by atoms with Crippen LogP contribution in [0.25, 0.3) is 11.1 Å². The molecule has 1 amide bonds. The van der Waals surface area contributed by atoms with Gasteiger partial charge in [0.25, 0.3) is 5.91 Å².